The molecule has 110 valence electrons. The van der Waals surface area contributed by atoms with E-state index in [-0.39, 0.29) is 10.6 Å². The number of nitro groups is 1. The highest BCUT2D eigenvalue weighted by Crippen LogP contribution is 2.32. The van der Waals surface area contributed by atoms with E-state index in [9.17, 15) is 10.1 Å². The lowest BCUT2D eigenvalue weighted by molar-refractivity contribution is -0.384. The molecule has 5 heteroatoms. The Morgan fingerprint density at radius 3 is 2.80 bits per heavy atom. The van der Waals surface area contributed by atoms with Crippen LogP contribution in [0, 0.1) is 15.5 Å². The second kappa shape index (κ2) is 5.79. The van der Waals surface area contributed by atoms with Gasteiger partial charge in [0, 0.05) is 26.2 Å². The third kappa shape index (κ3) is 3.28. The number of nitrogens with zero attached hydrogens (tertiary/aromatic N) is 2. The Hall–Kier alpha value is -1.62. The molecule has 0 atom stereocenters. The zero-order valence-corrected chi connectivity index (χ0v) is 12.5. The summed E-state index contributed by atoms with van der Waals surface area (Å²) in [6.45, 7) is 7.44. The van der Waals surface area contributed by atoms with Crippen molar-refractivity contribution in [2.24, 2.45) is 5.41 Å². The molecule has 0 aliphatic carbocycles. The summed E-state index contributed by atoms with van der Waals surface area (Å²) in [6.07, 6.45) is 2.44. The van der Waals surface area contributed by atoms with Gasteiger partial charge < -0.3 is 5.32 Å². The highest BCUT2D eigenvalue weighted by Gasteiger charge is 2.27. The highest BCUT2D eigenvalue weighted by atomic mass is 16.6. The lowest BCUT2D eigenvalue weighted by Gasteiger charge is -2.38. The number of hydrogen-bond acceptors (Lipinski definition) is 4. The third-order valence-corrected chi connectivity index (χ3v) is 3.95. The maximum Gasteiger partial charge on any atom is 0.292 e. The first-order chi connectivity index (χ1) is 9.43. The van der Waals surface area contributed by atoms with Crippen molar-refractivity contribution < 1.29 is 4.92 Å². The van der Waals surface area contributed by atoms with Gasteiger partial charge in [0.25, 0.3) is 5.69 Å². The van der Waals surface area contributed by atoms with Crippen molar-refractivity contribution in [2.45, 2.75) is 33.2 Å². The summed E-state index contributed by atoms with van der Waals surface area (Å²) in [5, 5.41) is 14.1. The molecule has 1 heterocycles. The van der Waals surface area contributed by atoms with Gasteiger partial charge in [-0.05, 0) is 30.4 Å². The summed E-state index contributed by atoms with van der Waals surface area (Å²) in [6, 6.07) is 5.29. The van der Waals surface area contributed by atoms with E-state index in [0.29, 0.717) is 11.1 Å². The molecule has 1 aliphatic rings. The van der Waals surface area contributed by atoms with E-state index in [0.717, 1.165) is 25.2 Å². The number of para-hydroxylation sites is 1. The minimum atomic E-state index is -0.324. The predicted octanol–water partition coefficient (Wildman–Crippen LogP) is 3.26. The van der Waals surface area contributed by atoms with Crippen LogP contribution in [0.5, 0.6) is 0 Å². The summed E-state index contributed by atoms with van der Waals surface area (Å²) in [5.41, 5.74) is 2.13. The van der Waals surface area contributed by atoms with Crippen LogP contribution < -0.4 is 5.32 Å². The van der Waals surface area contributed by atoms with Gasteiger partial charge in [0.1, 0.15) is 5.69 Å². The fourth-order valence-electron chi connectivity index (χ4n) is 3.08. The highest BCUT2D eigenvalue weighted by molar-refractivity contribution is 5.66. The SMILES string of the molecule is CNc1c(CN2CCCC(C)(C)C2)cccc1[N+](=O)[O-]. The molecule has 1 aliphatic heterocycles. The van der Waals surface area contributed by atoms with Gasteiger partial charge in [0.2, 0.25) is 0 Å². The smallest absolute Gasteiger partial charge is 0.292 e. The molecular formula is C15H23N3O2. The monoisotopic (exact) mass is 277 g/mol. The molecule has 1 saturated heterocycles. The summed E-state index contributed by atoms with van der Waals surface area (Å²) in [7, 11) is 1.74. The molecule has 5 nitrogen and oxygen atoms in total. The Labute approximate surface area is 120 Å². The van der Waals surface area contributed by atoms with Crippen molar-refractivity contribution in [3.8, 4) is 0 Å². The average Bonchev–Trinajstić information content (AvgIpc) is 2.37. The van der Waals surface area contributed by atoms with Gasteiger partial charge in [0.15, 0.2) is 0 Å². The molecule has 0 bridgehead atoms. The normalized spacial score (nSPS) is 18.8. The quantitative estimate of drug-likeness (QED) is 0.678. The molecule has 2 rings (SSSR count). The number of hydrogen-bond donors (Lipinski definition) is 1. The molecule has 0 unspecified atom stereocenters. The number of anilines is 1. The molecule has 0 aromatic heterocycles. The topological polar surface area (TPSA) is 58.4 Å². The van der Waals surface area contributed by atoms with Crippen LogP contribution in [0.3, 0.4) is 0 Å². The molecule has 0 radical (unpaired) electrons. The number of piperidine rings is 1. The van der Waals surface area contributed by atoms with Crippen molar-refractivity contribution in [3.05, 3.63) is 33.9 Å². The molecule has 0 saturated carbocycles. The van der Waals surface area contributed by atoms with Crippen LogP contribution in [-0.2, 0) is 6.54 Å². The van der Waals surface area contributed by atoms with Crippen molar-refractivity contribution >= 4 is 11.4 Å². The van der Waals surface area contributed by atoms with Crippen LogP contribution in [0.15, 0.2) is 18.2 Å². The Balaban J connectivity index is 2.21. The maximum atomic E-state index is 11.1. The third-order valence-electron chi connectivity index (χ3n) is 3.95. The molecule has 1 aromatic carbocycles. The Morgan fingerprint density at radius 1 is 1.45 bits per heavy atom. The molecule has 1 fully saturated rings. The summed E-state index contributed by atoms with van der Waals surface area (Å²) in [4.78, 5) is 13.1. The fourth-order valence-corrected chi connectivity index (χ4v) is 3.08. The van der Waals surface area contributed by atoms with E-state index in [1.165, 1.54) is 12.8 Å². The van der Waals surface area contributed by atoms with Crippen LogP contribution in [0.4, 0.5) is 11.4 Å². The second-order valence-electron chi connectivity index (χ2n) is 6.30. The number of nitrogens with one attached hydrogen (secondary N) is 1. The number of benzene rings is 1. The molecule has 1 aromatic rings. The van der Waals surface area contributed by atoms with Gasteiger partial charge in [-0.2, -0.15) is 0 Å². The lowest BCUT2D eigenvalue weighted by atomic mass is 9.84. The van der Waals surface area contributed by atoms with Gasteiger partial charge >= 0.3 is 0 Å². The van der Waals surface area contributed by atoms with E-state index in [1.54, 1.807) is 19.2 Å². The van der Waals surface area contributed by atoms with E-state index in [1.807, 2.05) is 6.07 Å². The Kier molecular flexibility index (Phi) is 4.28. The minimum Gasteiger partial charge on any atom is -0.382 e. The van der Waals surface area contributed by atoms with Crippen LogP contribution in [0.1, 0.15) is 32.3 Å². The first kappa shape index (κ1) is 14.8. The van der Waals surface area contributed by atoms with Gasteiger partial charge in [-0.1, -0.05) is 26.0 Å². The zero-order chi connectivity index (χ0) is 14.8. The first-order valence-electron chi connectivity index (χ1n) is 7.09. The van der Waals surface area contributed by atoms with Crippen molar-refractivity contribution in [1.29, 1.82) is 0 Å². The van der Waals surface area contributed by atoms with E-state index >= 15 is 0 Å². The zero-order valence-electron chi connectivity index (χ0n) is 12.5. The maximum absolute atomic E-state index is 11.1. The lowest BCUT2D eigenvalue weighted by Crippen LogP contribution is -2.39. The summed E-state index contributed by atoms with van der Waals surface area (Å²) in [5.74, 6) is 0. The van der Waals surface area contributed by atoms with E-state index in [2.05, 4.69) is 24.1 Å². The van der Waals surface area contributed by atoms with Gasteiger partial charge in [-0.15, -0.1) is 0 Å². The molecule has 20 heavy (non-hydrogen) atoms. The van der Waals surface area contributed by atoms with Crippen molar-refractivity contribution in [2.75, 3.05) is 25.5 Å². The molecular weight excluding hydrogens is 254 g/mol. The number of rotatable bonds is 4. The van der Waals surface area contributed by atoms with Gasteiger partial charge in [-0.25, -0.2) is 0 Å². The standard InChI is InChI=1S/C15H23N3O2/c1-15(2)8-5-9-17(11-15)10-12-6-4-7-13(18(19)20)14(12)16-3/h4,6-7,16H,5,8-11H2,1-3H3. The van der Waals surface area contributed by atoms with Gasteiger partial charge in [0.05, 0.1) is 4.92 Å². The number of likely N-dealkylation sites (tertiary alicyclic amines) is 1. The minimum absolute atomic E-state index is 0.154. The molecule has 1 N–H and O–H groups in total. The molecule has 0 spiro atoms. The second-order valence-corrected chi connectivity index (χ2v) is 6.30. The van der Waals surface area contributed by atoms with Crippen LogP contribution in [0.2, 0.25) is 0 Å². The summed E-state index contributed by atoms with van der Waals surface area (Å²) < 4.78 is 0. The van der Waals surface area contributed by atoms with Crippen LogP contribution in [0.25, 0.3) is 0 Å². The fraction of sp³-hybridized carbons (Fsp3) is 0.600. The summed E-state index contributed by atoms with van der Waals surface area (Å²) >= 11 is 0. The average molecular weight is 277 g/mol. The van der Waals surface area contributed by atoms with E-state index in [4.69, 9.17) is 0 Å². The van der Waals surface area contributed by atoms with Crippen molar-refractivity contribution in [1.82, 2.24) is 4.90 Å². The van der Waals surface area contributed by atoms with Crippen LogP contribution >= 0.6 is 0 Å². The van der Waals surface area contributed by atoms with Crippen molar-refractivity contribution in [3.63, 3.8) is 0 Å². The molecule has 0 amide bonds. The largest absolute Gasteiger partial charge is 0.382 e. The number of nitro benzene ring substituents is 1. The Bertz CT molecular complexity index is 500. The predicted molar refractivity (Wildman–Crippen MR) is 80.9 cm³/mol. The van der Waals surface area contributed by atoms with E-state index < -0.39 is 0 Å². The first-order valence-corrected chi connectivity index (χ1v) is 7.09. The Morgan fingerprint density at radius 2 is 2.20 bits per heavy atom. The van der Waals surface area contributed by atoms with Crippen LogP contribution in [-0.4, -0.2) is 30.0 Å². The van der Waals surface area contributed by atoms with Gasteiger partial charge in [-0.3, -0.25) is 15.0 Å².